The number of nitrogens with two attached hydrogens (primary N) is 2. The summed E-state index contributed by atoms with van der Waals surface area (Å²) >= 11 is 0. The maximum absolute atomic E-state index is 13.4. The second-order valence-corrected chi connectivity index (χ2v) is 18.7. The molecule has 2 heterocycles. The van der Waals surface area contributed by atoms with Crippen molar-refractivity contribution in [2.24, 2.45) is 11.5 Å². The van der Waals surface area contributed by atoms with Crippen LogP contribution < -0.4 is 54.0 Å². The van der Waals surface area contributed by atoms with Gasteiger partial charge in [0.25, 0.3) is 0 Å². The van der Waals surface area contributed by atoms with Gasteiger partial charge < -0.3 is 127 Å². The molecule has 20 N–H and O–H groups in total. The third-order valence-electron chi connectivity index (χ3n) is 11.8. The van der Waals surface area contributed by atoms with E-state index in [1.165, 1.54) is 0 Å². The lowest BCUT2D eigenvalue weighted by atomic mass is 9.91. The first-order valence-electron chi connectivity index (χ1n) is 26.8. The number of hydrogen-bond acceptors (Lipinski definition) is 23. The summed E-state index contributed by atoms with van der Waals surface area (Å²) < 4.78 is 43.7. The maximum Gasteiger partial charge on any atom is 0.370 e. The van der Waals surface area contributed by atoms with Gasteiger partial charge in [0.05, 0.1) is 90.1 Å². The zero-order valence-electron chi connectivity index (χ0n) is 47.6. The summed E-state index contributed by atoms with van der Waals surface area (Å²) in [5.74, 6) is -8.20. The number of aliphatic hydroxyl groups is 4. The van der Waals surface area contributed by atoms with Crippen LogP contribution in [0.2, 0.25) is 0 Å². The number of carboxylic acids is 2. The molecule has 0 radical (unpaired) electrons. The number of aliphatic hydroxyl groups excluding tert-OH is 4. The van der Waals surface area contributed by atoms with Crippen molar-refractivity contribution in [1.29, 1.82) is 10.8 Å². The second kappa shape index (κ2) is 41.1. The van der Waals surface area contributed by atoms with Gasteiger partial charge in [-0.3, -0.25) is 44.4 Å². The van der Waals surface area contributed by atoms with Crippen LogP contribution >= 0.6 is 0 Å². The Kier molecular flexibility index (Phi) is 35.4. The smallest absolute Gasteiger partial charge is 0.370 e. The molecule has 0 saturated carbocycles. The number of guanidine groups is 2. The van der Waals surface area contributed by atoms with Crippen molar-refractivity contribution in [3.8, 4) is 12.3 Å². The lowest BCUT2D eigenvalue weighted by molar-refractivity contribution is -0.159. The van der Waals surface area contributed by atoms with E-state index in [0.717, 1.165) is 30.9 Å². The largest absolute Gasteiger partial charge is 0.478 e. The zero-order valence-corrected chi connectivity index (χ0v) is 47.6. The minimum atomic E-state index is -1.78. The monoisotopic (exact) mass is 1230 g/mol. The lowest BCUT2D eigenvalue weighted by Gasteiger charge is -2.41. The van der Waals surface area contributed by atoms with Gasteiger partial charge in [0, 0.05) is 40.0 Å². The number of carbonyl (C=O) groups is 9. The number of rotatable bonds is 43. The Labute approximate surface area is 494 Å². The minimum absolute atomic E-state index is 0.0512. The Hall–Kier alpha value is -7.99. The molecule has 10 atom stereocenters. The number of hydrogen-bond donors (Lipinski definition) is 18. The Bertz CT molecular complexity index is 2230. The van der Waals surface area contributed by atoms with Crippen LogP contribution in [0.3, 0.4) is 0 Å². The van der Waals surface area contributed by atoms with E-state index in [4.69, 9.17) is 66.6 Å². The van der Waals surface area contributed by atoms with Crippen molar-refractivity contribution < 1.29 is 112 Å². The molecule has 86 heavy (non-hydrogen) atoms. The topological polar surface area (TPSA) is 548 Å². The van der Waals surface area contributed by atoms with Gasteiger partial charge in [-0.25, -0.2) is 9.59 Å². The first-order valence-corrected chi connectivity index (χ1v) is 26.8. The number of nitrogens with zero attached hydrogens (tertiary/aromatic N) is 1. The van der Waals surface area contributed by atoms with E-state index in [1.807, 2.05) is 0 Å². The van der Waals surface area contributed by atoms with Gasteiger partial charge >= 0.3 is 11.9 Å². The summed E-state index contributed by atoms with van der Waals surface area (Å²) in [5.41, 5.74) is 10.9. The highest BCUT2D eigenvalue weighted by Gasteiger charge is 2.47. The van der Waals surface area contributed by atoms with Crippen LogP contribution in [-0.2, 0) is 81.0 Å². The van der Waals surface area contributed by atoms with E-state index in [2.05, 4.69) is 48.5 Å². The molecule has 2 aliphatic heterocycles. The van der Waals surface area contributed by atoms with E-state index >= 15 is 0 Å². The Morgan fingerprint density at radius 3 is 1.30 bits per heavy atom. The molecule has 0 aromatic rings. The highest BCUT2D eigenvalue weighted by atomic mass is 16.6. The molecule has 0 aromatic carbocycles. The fourth-order valence-electron chi connectivity index (χ4n) is 8.07. The van der Waals surface area contributed by atoms with Crippen molar-refractivity contribution in [2.45, 2.75) is 93.9 Å². The number of terminal acetylenes is 1. The van der Waals surface area contributed by atoms with E-state index in [1.54, 1.807) is 0 Å². The zero-order chi connectivity index (χ0) is 64.1. The van der Waals surface area contributed by atoms with Crippen molar-refractivity contribution in [3.63, 3.8) is 0 Å². The fourth-order valence-corrected chi connectivity index (χ4v) is 8.07. The van der Waals surface area contributed by atoms with E-state index in [-0.39, 0.29) is 85.1 Å². The van der Waals surface area contributed by atoms with Crippen LogP contribution in [0, 0.1) is 23.2 Å². The van der Waals surface area contributed by atoms with Crippen molar-refractivity contribution in [1.82, 2.24) is 47.4 Å². The molecule has 36 heteroatoms. The average molecular weight is 1230 g/mol. The van der Waals surface area contributed by atoms with Crippen LogP contribution in [0.5, 0.6) is 0 Å². The first kappa shape index (κ1) is 74.1. The molecule has 0 aromatic heterocycles. The molecular formula is C50H81N13O23. The molecule has 0 aliphatic carbocycles. The number of nitrogens with one attached hydrogen (secondary N) is 10. The van der Waals surface area contributed by atoms with Gasteiger partial charge in [-0.05, 0) is 25.0 Å². The normalized spacial score (nSPS) is 19.3. The number of carbonyl (C=O) groups excluding carboxylic acids is 7. The molecule has 0 spiro atoms. The van der Waals surface area contributed by atoms with Crippen molar-refractivity contribution in [2.75, 3.05) is 119 Å². The molecular weight excluding hydrogens is 1150 g/mol. The summed E-state index contributed by atoms with van der Waals surface area (Å²) in [6.45, 7) is -1.12. The third kappa shape index (κ3) is 29.2. The highest BCUT2D eigenvalue weighted by molar-refractivity contribution is 5.89. The third-order valence-corrected chi connectivity index (χ3v) is 11.8. The lowest BCUT2D eigenvalue weighted by Crippen LogP contribution is -2.64. The van der Waals surface area contributed by atoms with Gasteiger partial charge in [0.15, 0.2) is 24.1 Å². The molecule has 484 valence electrons. The van der Waals surface area contributed by atoms with Crippen LogP contribution in [-0.4, -0.2) is 280 Å². The molecule has 0 fully saturated rings. The summed E-state index contributed by atoms with van der Waals surface area (Å²) in [4.78, 5) is 114. The summed E-state index contributed by atoms with van der Waals surface area (Å²) in [6, 6.07) is -4.84. The van der Waals surface area contributed by atoms with E-state index in [0.29, 0.717) is 13.2 Å². The van der Waals surface area contributed by atoms with E-state index in [9.17, 15) is 73.8 Å². The quantitative estimate of drug-likeness (QED) is 0.0117. The Morgan fingerprint density at radius 1 is 0.605 bits per heavy atom. The van der Waals surface area contributed by atoms with Gasteiger partial charge in [0.2, 0.25) is 52.9 Å². The second-order valence-electron chi connectivity index (χ2n) is 18.7. The molecule has 2 aliphatic rings. The van der Waals surface area contributed by atoms with Gasteiger partial charge in [-0.15, -0.1) is 6.42 Å². The van der Waals surface area contributed by atoms with Crippen molar-refractivity contribution in [3.05, 3.63) is 23.7 Å². The maximum atomic E-state index is 13.4. The van der Waals surface area contributed by atoms with Crippen LogP contribution in [0.1, 0.15) is 33.1 Å². The SMILES string of the molecule is C#CCOCCOCCOCCOCCC(=O)N(CC(=O)NCCCNC(=O)CO[C@@H]([C@@H]1OC(C(=O)O)=C[C@H](NC(=N)N)[C@H]1NC(C)=O)[C@H](O)CO)CC(=O)NCCCNC(=O)CO[C@@H]([C@@H]1OC(C(=O)O)=C[C@H](NC(=N)N)[C@H]1NC(C)=O)[C@H](O)CO. The Morgan fingerprint density at radius 2 is 0.965 bits per heavy atom. The predicted octanol–water partition coefficient (Wildman–Crippen LogP) is -8.93. The molecule has 2 rings (SSSR count). The fraction of sp³-hybridized carbons (Fsp3) is 0.660. The standard InChI is InChI=1S/C50H81N13O23/c1-4-12-79-14-16-81-18-19-82-17-15-80-13-7-40(74)63(22-36(70)55-8-5-10-57-38(72)26-83-43(32(68)24-64)45-41(59-28(2)66)30(61-49(51)52)20-34(85-45)47(75)76)23-37(71)56-9-6-11-58-39(73)27-84-44(33(69)25-65)46-42(60-29(3)67)31(62-50(53)54)21-35(86-46)48(77)78/h1,20-21,30-33,41-46,64-65,68-69H,5-19,22-27H2,2-3H3,(H,55,70)(H,56,71)(H,57,72)(H,58,73)(H,59,66)(H,60,67)(H,75,76)(H,77,78)(H4,51,52,61)(H4,53,54,62)/t30-,31-,32+,33+,41+,42+,43+,44+,45+,46+/m0/s1. The number of aliphatic carboxylic acids is 2. The number of amides is 7. The van der Waals surface area contributed by atoms with Crippen molar-refractivity contribution >= 4 is 65.2 Å². The average Bonchev–Trinajstić information content (AvgIpc) is 3.37. The van der Waals surface area contributed by atoms with Gasteiger partial charge in [0.1, 0.15) is 57.3 Å². The molecule has 0 bridgehead atoms. The van der Waals surface area contributed by atoms with Crippen LogP contribution in [0.25, 0.3) is 0 Å². The molecule has 0 saturated heterocycles. The number of carboxylic acid groups (broad SMARTS) is 2. The van der Waals surface area contributed by atoms with Crippen LogP contribution in [0.15, 0.2) is 23.7 Å². The molecule has 36 nitrogen and oxygen atoms in total. The van der Waals surface area contributed by atoms with Crippen LogP contribution in [0.4, 0.5) is 0 Å². The minimum Gasteiger partial charge on any atom is -0.478 e. The van der Waals surface area contributed by atoms with Gasteiger partial charge in [-0.1, -0.05) is 5.92 Å². The number of ether oxygens (including phenoxy) is 8. The van der Waals surface area contributed by atoms with E-state index < -0.39 is 177 Å². The Balaban J connectivity index is 2.00. The van der Waals surface area contributed by atoms with Gasteiger partial charge in [-0.2, -0.15) is 0 Å². The predicted molar refractivity (Wildman–Crippen MR) is 294 cm³/mol. The highest BCUT2D eigenvalue weighted by Crippen LogP contribution is 2.27. The molecule has 0 unspecified atom stereocenters. The summed E-state index contributed by atoms with van der Waals surface area (Å²) in [7, 11) is 0. The first-order chi connectivity index (χ1) is 40.9. The summed E-state index contributed by atoms with van der Waals surface area (Å²) in [5, 5.41) is 95.8. The molecule has 7 amide bonds. The summed E-state index contributed by atoms with van der Waals surface area (Å²) in [6.07, 6.45) is -2.79.